The van der Waals surface area contributed by atoms with E-state index in [4.69, 9.17) is 32.4 Å². The highest BCUT2D eigenvalue weighted by Gasteiger charge is 2.15. The Hall–Kier alpha value is -2.08. The molecule has 2 aromatic carbocycles. The monoisotopic (exact) mass is 350 g/mol. The molecule has 0 saturated heterocycles. The normalized spacial score (nSPS) is 10.9. The lowest BCUT2D eigenvalue weighted by Crippen LogP contribution is -2.17. The van der Waals surface area contributed by atoms with E-state index in [1.54, 1.807) is 36.4 Å². The summed E-state index contributed by atoms with van der Waals surface area (Å²) in [5, 5.41) is 3.82. The summed E-state index contributed by atoms with van der Waals surface area (Å²) in [4.78, 5) is 16.2. The van der Waals surface area contributed by atoms with E-state index in [-0.39, 0.29) is 12.5 Å². The van der Waals surface area contributed by atoms with Gasteiger partial charge in [-0.3, -0.25) is 4.79 Å². The predicted molar refractivity (Wildman–Crippen MR) is 90.0 cm³/mol. The molecule has 0 spiro atoms. The SMILES string of the molecule is COCC(=O)Nc1ccc(Cl)cc1-c1nc2cc(Cl)ccc2o1. The molecule has 1 aromatic heterocycles. The van der Waals surface area contributed by atoms with E-state index in [1.165, 1.54) is 7.11 Å². The molecule has 3 rings (SSSR count). The summed E-state index contributed by atoms with van der Waals surface area (Å²) in [6.45, 7) is -0.0504. The van der Waals surface area contributed by atoms with Crippen LogP contribution in [0.3, 0.4) is 0 Å². The Bertz CT molecular complexity index is 877. The third kappa shape index (κ3) is 3.47. The number of amides is 1. The van der Waals surface area contributed by atoms with Crippen LogP contribution >= 0.6 is 23.2 Å². The van der Waals surface area contributed by atoms with Crippen molar-refractivity contribution >= 4 is 45.9 Å². The van der Waals surface area contributed by atoms with Gasteiger partial charge in [0.2, 0.25) is 11.8 Å². The number of methoxy groups -OCH3 is 1. The number of carbonyl (C=O) groups is 1. The van der Waals surface area contributed by atoms with Crippen molar-refractivity contribution in [1.29, 1.82) is 0 Å². The van der Waals surface area contributed by atoms with Crippen LogP contribution in [0.15, 0.2) is 40.8 Å². The smallest absolute Gasteiger partial charge is 0.250 e. The first kappa shape index (κ1) is 15.8. The topological polar surface area (TPSA) is 64.4 Å². The van der Waals surface area contributed by atoms with Gasteiger partial charge in [0.25, 0.3) is 0 Å². The second-order valence-corrected chi connectivity index (χ2v) is 5.68. The highest BCUT2D eigenvalue weighted by Crippen LogP contribution is 2.33. The molecule has 23 heavy (non-hydrogen) atoms. The van der Waals surface area contributed by atoms with Crippen LogP contribution in [0.1, 0.15) is 0 Å². The van der Waals surface area contributed by atoms with E-state index in [1.807, 2.05) is 0 Å². The molecule has 0 aliphatic heterocycles. The highest BCUT2D eigenvalue weighted by molar-refractivity contribution is 6.31. The molecule has 5 nitrogen and oxygen atoms in total. The molecule has 0 bridgehead atoms. The van der Waals surface area contributed by atoms with Gasteiger partial charge < -0.3 is 14.5 Å². The number of anilines is 1. The molecule has 0 saturated carbocycles. The molecule has 0 unspecified atom stereocenters. The first-order chi connectivity index (χ1) is 11.1. The fourth-order valence-electron chi connectivity index (χ4n) is 2.14. The zero-order valence-electron chi connectivity index (χ0n) is 12.1. The molecular formula is C16H12Cl2N2O3. The van der Waals surface area contributed by atoms with Gasteiger partial charge in [-0.25, -0.2) is 4.98 Å². The van der Waals surface area contributed by atoms with Crippen LogP contribution in [0.4, 0.5) is 5.69 Å². The Kier molecular flexibility index (Phi) is 4.52. The van der Waals surface area contributed by atoms with E-state index in [2.05, 4.69) is 10.3 Å². The Morgan fingerprint density at radius 1 is 1.22 bits per heavy atom. The number of nitrogens with zero attached hydrogens (tertiary/aromatic N) is 1. The van der Waals surface area contributed by atoms with Gasteiger partial charge in [-0.15, -0.1) is 0 Å². The first-order valence-electron chi connectivity index (χ1n) is 6.71. The molecule has 3 aromatic rings. The average molecular weight is 351 g/mol. The number of hydrogen-bond acceptors (Lipinski definition) is 4. The van der Waals surface area contributed by atoms with Crippen molar-refractivity contribution in [3.63, 3.8) is 0 Å². The first-order valence-corrected chi connectivity index (χ1v) is 7.47. The maximum Gasteiger partial charge on any atom is 0.250 e. The molecule has 1 amide bonds. The van der Waals surface area contributed by atoms with Crippen molar-refractivity contribution in [3.8, 4) is 11.5 Å². The number of oxazole rings is 1. The van der Waals surface area contributed by atoms with Gasteiger partial charge in [0.05, 0.1) is 11.3 Å². The van der Waals surface area contributed by atoms with Crippen LogP contribution in [0.25, 0.3) is 22.6 Å². The van der Waals surface area contributed by atoms with Gasteiger partial charge in [-0.2, -0.15) is 0 Å². The van der Waals surface area contributed by atoms with Gasteiger partial charge in [0.1, 0.15) is 12.1 Å². The average Bonchev–Trinajstić information content (AvgIpc) is 2.92. The summed E-state index contributed by atoms with van der Waals surface area (Å²) in [6.07, 6.45) is 0. The zero-order valence-corrected chi connectivity index (χ0v) is 13.6. The summed E-state index contributed by atoms with van der Waals surface area (Å²) in [7, 11) is 1.45. The second-order valence-electron chi connectivity index (χ2n) is 4.80. The molecule has 7 heteroatoms. The van der Waals surface area contributed by atoms with Crippen LogP contribution in [-0.4, -0.2) is 24.6 Å². The number of hydrogen-bond donors (Lipinski definition) is 1. The van der Waals surface area contributed by atoms with Crippen molar-refractivity contribution in [3.05, 3.63) is 46.4 Å². The number of halogens is 2. The van der Waals surface area contributed by atoms with E-state index in [0.717, 1.165) is 0 Å². The zero-order chi connectivity index (χ0) is 16.4. The summed E-state index contributed by atoms with van der Waals surface area (Å²) in [5.74, 6) is 0.0627. The van der Waals surface area contributed by atoms with E-state index in [0.29, 0.717) is 38.3 Å². The van der Waals surface area contributed by atoms with E-state index < -0.39 is 0 Å². The summed E-state index contributed by atoms with van der Waals surface area (Å²) in [5.41, 5.74) is 2.34. The number of benzene rings is 2. The number of carbonyl (C=O) groups excluding carboxylic acids is 1. The maximum absolute atomic E-state index is 11.8. The third-order valence-electron chi connectivity index (χ3n) is 3.11. The fraction of sp³-hybridized carbons (Fsp3) is 0.125. The molecular weight excluding hydrogens is 339 g/mol. The largest absolute Gasteiger partial charge is 0.436 e. The lowest BCUT2D eigenvalue weighted by Gasteiger charge is -2.09. The molecule has 0 atom stereocenters. The Balaban J connectivity index is 2.05. The number of rotatable bonds is 4. The summed E-state index contributed by atoms with van der Waals surface area (Å²) in [6, 6.07) is 10.2. The highest BCUT2D eigenvalue weighted by atomic mass is 35.5. The summed E-state index contributed by atoms with van der Waals surface area (Å²) >= 11 is 12.0. The Morgan fingerprint density at radius 2 is 1.96 bits per heavy atom. The van der Waals surface area contributed by atoms with Gasteiger partial charge >= 0.3 is 0 Å². The van der Waals surface area contributed by atoms with Crippen molar-refractivity contribution in [2.75, 3.05) is 19.0 Å². The number of fused-ring (bicyclic) bond motifs is 1. The van der Waals surface area contributed by atoms with Crippen LogP contribution < -0.4 is 5.32 Å². The van der Waals surface area contributed by atoms with Gasteiger partial charge in [-0.1, -0.05) is 23.2 Å². The molecule has 1 N–H and O–H groups in total. The number of ether oxygens (including phenoxy) is 1. The molecule has 0 aliphatic carbocycles. The van der Waals surface area contributed by atoms with Gasteiger partial charge in [-0.05, 0) is 36.4 Å². The lowest BCUT2D eigenvalue weighted by atomic mass is 10.1. The van der Waals surface area contributed by atoms with Crippen LogP contribution in [-0.2, 0) is 9.53 Å². The maximum atomic E-state index is 11.8. The molecule has 0 aliphatic rings. The van der Waals surface area contributed by atoms with E-state index >= 15 is 0 Å². The van der Waals surface area contributed by atoms with Gasteiger partial charge in [0.15, 0.2) is 5.58 Å². The predicted octanol–water partition coefficient (Wildman–Crippen LogP) is 4.39. The second kappa shape index (κ2) is 6.58. The standard InChI is InChI=1S/C16H12Cl2N2O3/c1-22-8-15(21)19-12-4-2-9(17)6-11(12)16-20-13-7-10(18)3-5-14(13)23-16/h2-7H,8H2,1H3,(H,19,21). The minimum atomic E-state index is -0.282. The van der Waals surface area contributed by atoms with Crippen LogP contribution in [0.2, 0.25) is 10.0 Å². The molecule has 0 radical (unpaired) electrons. The molecule has 118 valence electrons. The number of nitrogens with one attached hydrogen (secondary N) is 1. The molecule has 0 fully saturated rings. The van der Waals surface area contributed by atoms with Crippen molar-refractivity contribution in [2.45, 2.75) is 0 Å². The van der Waals surface area contributed by atoms with Crippen molar-refractivity contribution < 1.29 is 13.9 Å². The lowest BCUT2D eigenvalue weighted by molar-refractivity contribution is -0.119. The fourth-order valence-corrected chi connectivity index (χ4v) is 2.47. The van der Waals surface area contributed by atoms with Crippen molar-refractivity contribution in [1.82, 2.24) is 4.98 Å². The summed E-state index contributed by atoms with van der Waals surface area (Å²) < 4.78 is 10.5. The van der Waals surface area contributed by atoms with Crippen LogP contribution in [0.5, 0.6) is 0 Å². The van der Waals surface area contributed by atoms with Crippen molar-refractivity contribution in [2.24, 2.45) is 0 Å². The quantitative estimate of drug-likeness (QED) is 0.757. The van der Waals surface area contributed by atoms with Gasteiger partial charge in [0, 0.05) is 17.2 Å². The van der Waals surface area contributed by atoms with Crippen LogP contribution in [0, 0.1) is 0 Å². The minimum absolute atomic E-state index is 0.0504. The minimum Gasteiger partial charge on any atom is -0.436 e. The third-order valence-corrected chi connectivity index (χ3v) is 3.58. The molecule has 1 heterocycles. The number of aromatic nitrogens is 1. The Morgan fingerprint density at radius 3 is 2.74 bits per heavy atom. The Labute approximate surface area is 142 Å². The van der Waals surface area contributed by atoms with E-state index in [9.17, 15) is 4.79 Å².